The van der Waals surface area contributed by atoms with Crippen molar-refractivity contribution in [1.29, 1.82) is 0 Å². The summed E-state index contributed by atoms with van der Waals surface area (Å²) in [6.07, 6.45) is 17.2. The van der Waals surface area contributed by atoms with Gasteiger partial charge in [0.05, 0.1) is 6.10 Å². The molecule has 3 saturated carbocycles. The van der Waals surface area contributed by atoms with Crippen LogP contribution in [-0.2, 0) is 0 Å². The van der Waals surface area contributed by atoms with Crippen LogP contribution in [-0.4, -0.2) is 11.2 Å². The summed E-state index contributed by atoms with van der Waals surface area (Å²) in [6.45, 7) is 12.6. The summed E-state index contributed by atoms with van der Waals surface area (Å²) in [5, 5.41) is 10.2. The van der Waals surface area contributed by atoms with Gasteiger partial charge in [-0.05, 0) is 97.7 Å². The van der Waals surface area contributed by atoms with Gasteiger partial charge in [-0.1, -0.05) is 65.5 Å². The maximum Gasteiger partial charge on any atom is 0.0543 e. The van der Waals surface area contributed by atoms with E-state index >= 15 is 0 Å². The van der Waals surface area contributed by atoms with Crippen molar-refractivity contribution < 1.29 is 5.11 Å². The monoisotopic (exact) mass is 386 g/mol. The van der Waals surface area contributed by atoms with E-state index in [2.05, 4.69) is 40.7 Å². The summed E-state index contributed by atoms with van der Waals surface area (Å²) >= 11 is 0. The van der Waals surface area contributed by atoms with Gasteiger partial charge < -0.3 is 5.11 Å². The number of hydrogen-bond acceptors (Lipinski definition) is 1. The van der Waals surface area contributed by atoms with Crippen LogP contribution in [0.3, 0.4) is 0 Å². The van der Waals surface area contributed by atoms with E-state index in [-0.39, 0.29) is 6.10 Å². The Morgan fingerprint density at radius 2 is 1.68 bits per heavy atom. The lowest BCUT2D eigenvalue weighted by Gasteiger charge is -2.57. The fourth-order valence-corrected chi connectivity index (χ4v) is 8.51. The molecule has 3 fully saturated rings. The van der Waals surface area contributed by atoms with E-state index in [1.165, 1.54) is 57.8 Å². The van der Waals surface area contributed by atoms with Gasteiger partial charge in [-0.25, -0.2) is 0 Å². The quantitative estimate of drug-likeness (QED) is 0.488. The Balaban J connectivity index is 1.50. The summed E-state index contributed by atoms with van der Waals surface area (Å²) in [5.74, 6) is 5.07. The largest absolute Gasteiger partial charge is 0.393 e. The molecule has 0 unspecified atom stereocenters. The molecule has 0 aliphatic heterocycles. The fraction of sp³-hybridized carbons (Fsp3) is 0.926. The number of hydrogen-bond donors (Lipinski definition) is 1. The van der Waals surface area contributed by atoms with Crippen LogP contribution in [0, 0.1) is 46.3 Å². The van der Waals surface area contributed by atoms with Crippen molar-refractivity contribution in [3.05, 3.63) is 11.6 Å². The summed E-state index contributed by atoms with van der Waals surface area (Å²) in [4.78, 5) is 0. The Bertz CT molecular complexity index is 591. The van der Waals surface area contributed by atoms with E-state index in [0.29, 0.717) is 10.8 Å². The Morgan fingerprint density at radius 1 is 0.964 bits per heavy atom. The maximum atomic E-state index is 10.2. The predicted molar refractivity (Wildman–Crippen MR) is 119 cm³/mol. The van der Waals surface area contributed by atoms with Gasteiger partial charge in [-0.15, -0.1) is 0 Å². The molecule has 4 rings (SSSR count). The van der Waals surface area contributed by atoms with E-state index in [9.17, 15) is 5.11 Å². The lowest BCUT2D eigenvalue weighted by molar-refractivity contribution is -0.0427. The first-order valence-electron chi connectivity index (χ1n) is 12.6. The highest BCUT2D eigenvalue weighted by atomic mass is 16.3. The smallest absolute Gasteiger partial charge is 0.0543 e. The fourth-order valence-electron chi connectivity index (χ4n) is 8.51. The van der Waals surface area contributed by atoms with Gasteiger partial charge in [-0.2, -0.15) is 0 Å². The number of rotatable bonds is 5. The second-order valence-corrected chi connectivity index (χ2v) is 12.2. The second kappa shape index (κ2) is 7.75. The number of aliphatic hydroxyl groups is 1. The minimum atomic E-state index is -0.0376. The van der Waals surface area contributed by atoms with Crippen LogP contribution in [0.15, 0.2) is 11.6 Å². The van der Waals surface area contributed by atoms with Gasteiger partial charge in [0.2, 0.25) is 0 Å². The van der Waals surface area contributed by atoms with Crippen molar-refractivity contribution in [1.82, 2.24) is 0 Å². The van der Waals surface area contributed by atoms with Gasteiger partial charge in [0.15, 0.2) is 0 Å². The predicted octanol–water partition coefficient (Wildman–Crippen LogP) is 7.39. The zero-order valence-electron chi connectivity index (χ0n) is 19.3. The Labute approximate surface area is 174 Å². The molecule has 0 heterocycles. The third kappa shape index (κ3) is 3.42. The van der Waals surface area contributed by atoms with Gasteiger partial charge in [0.25, 0.3) is 0 Å². The van der Waals surface area contributed by atoms with Crippen LogP contribution in [0.25, 0.3) is 0 Å². The average Bonchev–Trinajstić information content (AvgIpc) is 2.99. The minimum absolute atomic E-state index is 0.0376. The highest BCUT2D eigenvalue weighted by Crippen LogP contribution is 2.66. The zero-order chi connectivity index (χ0) is 20.1. The first-order valence-corrected chi connectivity index (χ1v) is 12.6. The molecule has 28 heavy (non-hydrogen) atoms. The van der Waals surface area contributed by atoms with Crippen LogP contribution < -0.4 is 0 Å². The molecule has 0 aromatic heterocycles. The SMILES string of the molecule is CC(C)CCC[C@H](C)[C@@H]1CC[C@H]2C3=CC[C@H]4C[C@@H](O)CC[C@]4(C)[C@@H]3CC[C@@]21C. The maximum absolute atomic E-state index is 10.2. The molecule has 4 aliphatic carbocycles. The molecular formula is C27H46O. The van der Waals surface area contributed by atoms with Crippen molar-refractivity contribution in [3.8, 4) is 0 Å². The molecule has 0 amide bonds. The first-order chi connectivity index (χ1) is 13.3. The van der Waals surface area contributed by atoms with E-state index in [4.69, 9.17) is 0 Å². The highest BCUT2D eigenvalue weighted by molar-refractivity contribution is 5.27. The van der Waals surface area contributed by atoms with Crippen molar-refractivity contribution in [3.63, 3.8) is 0 Å². The van der Waals surface area contributed by atoms with Gasteiger partial charge >= 0.3 is 0 Å². The van der Waals surface area contributed by atoms with Gasteiger partial charge in [0.1, 0.15) is 0 Å². The average molecular weight is 387 g/mol. The Kier molecular flexibility index (Phi) is 5.80. The third-order valence-corrected chi connectivity index (χ3v) is 10.3. The second-order valence-electron chi connectivity index (χ2n) is 12.2. The Morgan fingerprint density at radius 3 is 2.43 bits per heavy atom. The molecule has 1 nitrogen and oxygen atoms in total. The lowest BCUT2D eigenvalue weighted by Crippen LogP contribution is -2.49. The molecule has 4 aliphatic rings. The molecule has 0 radical (unpaired) electrons. The number of aliphatic hydroxyl groups excluding tert-OH is 1. The normalized spacial score (nSPS) is 46.5. The first kappa shape index (κ1) is 21.0. The van der Waals surface area contributed by atoms with Crippen molar-refractivity contribution >= 4 is 0 Å². The minimum Gasteiger partial charge on any atom is -0.393 e. The van der Waals surface area contributed by atoms with Crippen molar-refractivity contribution in [2.75, 3.05) is 0 Å². The molecule has 0 aromatic carbocycles. The van der Waals surface area contributed by atoms with Gasteiger partial charge in [-0.3, -0.25) is 0 Å². The molecule has 1 heteroatoms. The molecule has 160 valence electrons. The number of allylic oxidation sites excluding steroid dienone is 2. The number of fused-ring (bicyclic) bond motifs is 5. The van der Waals surface area contributed by atoms with Crippen LogP contribution in [0.1, 0.15) is 105 Å². The summed E-state index contributed by atoms with van der Waals surface area (Å²) in [7, 11) is 0. The zero-order valence-corrected chi connectivity index (χ0v) is 19.3. The Hall–Kier alpha value is -0.300. The third-order valence-electron chi connectivity index (χ3n) is 10.3. The molecule has 0 aromatic rings. The van der Waals surface area contributed by atoms with Crippen LogP contribution in [0.4, 0.5) is 0 Å². The molecular weight excluding hydrogens is 340 g/mol. The van der Waals surface area contributed by atoms with E-state index < -0.39 is 0 Å². The molecule has 1 N–H and O–H groups in total. The molecule has 0 spiro atoms. The topological polar surface area (TPSA) is 20.2 Å². The van der Waals surface area contributed by atoms with Crippen LogP contribution in [0.2, 0.25) is 0 Å². The van der Waals surface area contributed by atoms with Crippen molar-refractivity contribution in [2.45, 2.75) is 111 Å². The van der Waals surface area contributed by atoms with Crippen molar-refractivity contribution in [2.24, 2.45) is 46.3 Å². The lowest BCUT2D eigenvalue weighted by atomic mass is 9.47. The van der Waals surface area contributed by atoms with E-state index in [1.807, 2.05) is 5.57 Å². The summed E-state index contributed by atoms with van der Waals surface area (Å²) in [5.41, 5.74) is 2.89. The van der Waals surface area contributed by atoms with E-state index in [0.717, 1.165) is 48.3 Å². The molecule has 0 saturated heterocycles. The molecule has 8 atom stereocenters. The molecule has 0 bridgehead atoms. The standard InChI is InChI=1S/C27H46O/c1-18(2)7-6-8-19(3)23-11-12-24-22-10-9-20-17-21(28)13-15-26(20,4)25(22)14-16-27(23,24)5/h10,18-21,23-25,28H,6-9,11-17H2,1-5H3/t19-,20-,21-,23-,24-,25+,26-,27+/m0/s1. The summed E-state index contributed by atoms with van der Waals surface area (Å²) in [6, 6.07) is 0. The summed E-state index contributed by atoms with van der Waals surface area (Å²) < 4.78 is 0. The van der Waals surface area contributed by atoms with Crippen LogP contribution >= 0.6 is 0 Å². The van der Waals surface area contributed by atoms with Gasteiger partial charge in [0, 0.05) is 0 Å². The highest BCUT2D eigenvalue weighted by Gasteiger charge is 2.58. The van der Waals surface area contributed by atoms with Crippen LogP contribution in [0.5, 0.6) is 0 Å². The van der Waals surface area contributed by atoms with E-state index in [1.54, 1.807) is 0 Å².